The first-order chi connectivity index (χ1) is 10.7. The maximum absolute atomic E-state index is 12.2. The average molecular weight is 298 g/mol. The van der Waals surface area contributed by atoms with Crippen molar-refractivity contribution in [3.05, 3.63) is 58.5 Å². The van der Waals surface area contributed by atoms with E-state index in [0.717, 1.165) is 36.9 Å². The van der Waals surface area contributed by atoms with E-state index < -0.39 is 0 Å². The fourth-order valence-corrected chi connectivity index (χ4v) is 2.89. The van der Waals surface area contributed by atoms with Gasteiger partial charge >= 0.3 is 0 Å². The highest BCUT2D eigenvalue weighted by Gasteiger charge is 2.18. The second-order valence-electron chi connectivity index (χ2n) is 5.98. The van der Waals surface area contributed by atoms with Crippen LogP contribution in [0.2, 0.25) is 0 Å². The Balaban J connectivity index is 1.66. The smallest absolute Gasteiger partial charge is 0.269 e. The molecule has 0 aliphatic heterocycles. The molecule has 1 aromatic carbocycles. The molecule has 1 fully saturated rings. The number of benzene rings is 1. The van der Waals surface area contributed by atoms with Crippen LogP contribution in [0.5, 0.6) is 0 Å². The van der Waals surface area contributed by atoms with Gasteiger partial charge in [-0.1, -0.05) is 30.3 Å². The molecule has 0 bridgehead atoms. The fraction of sp³-hybridized carbons (Fsp3) is 0.412. The van der Waals surface area contributed by atoms with Gasteiger partial charge in [-0.3, -0.25) is 4.79 Å². The van der Waals surface area contributed by atoms with E-state index in [1.165, 1.54) is 4.68 Å². The van der Waals surface area contributed by atoms with Crippen LogP contribution < -0.4 is 16.6 Å². The molecule has 1 aliphatic rings. The Labute approximate surface area is 130 Å². The average Bonchev–Trinajstić information content (AvgIpc) is 2.53. The van der Waals surface area contributed by atoms with E-state index in [4.69, 9.17) is 5.73 Å². The van der Waals surface area contributed by atoms with Gasteiger partial charge in [0.1, 0.15) is 0 Å². The van der Waals surface area contributed by atoms with Gasteiger partial charge in [-0.2, -0.15) is 5.10 Å². The molecule has 0 atom stereocenters. The van der Waals surface area contributed by atoms with Crippen LogP contribution in [0.25, 0.3) is 0 Å². The summed E-state index contributed by atoms with van der Waals surface area (Å²) in [5, 5.41) is 7.67. The predicted molar refractivity (Wildman–Crippen MR) is 87.9 cm³/mol. The summed E-state index contributed by atoms with van der Waals surface area (Å²) in [6.07, 6.45) is 5.91. The Morgan fingerprint density at radius 3 is 2.59 bits per heavy atom. The molecule has 0 unspecified atom stereocenters. The van der Waals surface area contributed by atoms with Crippen LogP contribution in [0.3, 0.4) is 0 Å². The van der Waals surface area contributed by atoms with Crippen LogP contribution in [0.1, 0.15) is 31.2 Å². The third-order valence-corrected chi connectivity index (χ3v) is 4.19. The molecule has 5 nitrogen and oxygen atoms in total. The van der Waals surface area contributed by atoms with Gasteiger partial charge in [0.05, 0.1) is 18.4 Å². The largest absolute Gasteiger partial charge is 0.381 e. The van der Waals surface area contributed by atoms with E-state index in [-0.39, 0.29) is 5.56 Å². The lowest BCUT2D eigenvalue weighted by Crippen LogP contribution is -2.33. The first kappa shape index (κ1) is 14.8. The zero-order valence-electron chi connectivity index (χ0n) is 12.6. The van der Waals surface area contributed by atoms with Crippen LogP contribution >= 0.6 is 0 Å². The summed E-state index contributed by atoms with van der Waals surface area (Å²) in [5.41, 5.74) is 7.70. The predicted octanol–water partition coefficient (Wildman–Crippen LogP) is 1.97. The van der Waals surface area contributed by atoms with Gasteiger partial charge in [-0.25, -0.2) is 4.68 Å². The summed E-state index contributed by atoms with van der Waals surface area (Å²) in [6, 6.07) is 12.2. The van der Waals surface area contributed by atoms with Crippen molar-refractivity contribution < 1.29 is 0 Å². The maximum atomic E-state index is 12.2. The molecular weight excluding hydrogens is 276 g/mol. The Bertz CT molecular complexity index is 660. The molecule has 1 saturated carbocycles. The van der Waals surface area contributed by atoms with Crippen molar-refractivity contribution in [2.45, 2.75) is 44.3 Å². The van der Waals surface area contributed by atoms with Gasteiger partial charge in [-0.15, -0.1) is 0 Å². The van der Waals surface area contributed by atoms with Gasteiger partial charge < -0.3 is 11.1 Å². The molecule has 1 aromatic heterocycles. The second-order valence-corrected chi connectivity index (χ2v) is 5.98. The quantitative estimate of drug-likeness (QED) is 0.905. The molecule has 5 heteroatoms. The normalized spacial score (nSPS) is 21.5. The van der Waals surface area contributed by atoms with Gasteiger partial charge in [0.15, 0.2) is 0 Å². The molecule has 1 aliphatic carbocycles. The molecule has 3 rings (SSSR count). The van der Waals surface area contributed by atoms with Crippen molar-refractivity contribution >= 4 is 5.69 Å². The molecule has 22 heavy (non-hydrogen) atoms. The summed E-state index contributed by atoms with van der Waals surface area (Å²) in [4.78, 5) is 12.2. The topological polar surface area (TPSA) is 72.9 Å². The first-order valence-corrected chi connectivity index (χ1v) is 7.84. The zero-order chi connectivity index (χ0) is 15.4. The third-order valence-electron chi connectivity index (χ3n) is 4.19. The van der Waals surface area contributed by atoms with E-state index in [0.29, 0.717) is 18.6 Å². The van der Waals surface area contributed by atoms with Crippen LogP contribution in [0, 0.1) is 0 Å². The standard InChI is InChI=1S/C17H22N4O/c18-14-6-8-15(9-7-14)20-16-10-17(22)21(19-11-16)12-13-4-2-1-3-5-13/h1-5,10-11,14-15,20H,6-9,12,18H2. The van der Waals surface area contributed by atoms with E-state index in [9.17, 15) is 4.79 Å². The van der Waals surface area contributed by atoms with Crippen molar-refractivity contribution in [2.24, 2.45) is 5.73 Å². The van der Waals surface area contributed by atoms with Crippen molar-refractivity contribution in [1.82, 2.24) is 9.78 Å². The Morgan fingerprint density at radius 2 is 1.91 bits per heavy atom. The number of hydrogen-bond donors (Lipinski definition) is 2. The van der Waals surface area contributed by atoms with Crippen molar-refractivity contribution in [3.63, 3.8) is 0 Å². The van der Waals surface area contributed by atoms with Crippen molar-refractivity contribution in [2.75, 3.05) is 5.32 Å². The molecular formula is C17H22N4O. The number of rotatable bonds is 4. The minimum Gasteiger partial charge on any atom is -0.381 e. The van der Waals surface area contributed by atoms with Crippen molar-refractivity contribution in [3.8, 4) is 0 Å². The van der Waals surface area contributed by atoms with E-state index in [1.54, 1.807) is 12.3 Å². The summed E-state index contributed by atoms with van der Waals surface area (Å²) in [6.45, 7) is 0.498. The molecule has 0 radical (unpaired) electrons. The highest BCUT2D eigenvalue weighted by atomic mass is 16.1. The lowest BCUT2D eigenvalue weighted by atomic mass is 9.92. The maximum Gasteiger partial charge on any atom is 0.269 e. The molecule has 1 heterocycles. The van der Waals surface area contributed by atoms with Crippen LogP contribution in [0.15, 0.2) is 47.4 Å². The number of hydrogen-bond acceptors (Lipinski definition) is 4. The Hall–Kier alpha value is -2.14. The minimum absolute atomic E-state index is 0.0821. The first-order valence-electron chi connectivity index (χ1n) is 7.84. The van der Waals surface area contributed by atoms with Gasteiger partial charge in [0.25, 0.3) is 5.56 Å². The highest BCUT2D eigenvalue weighted by molar-refractivity contribution is 5.40. The summed E-state index contributed by atoms with van der Waals surface area (Å²) in [7, 11) is 0. The SMILES string of the molecule is NC1CCC(Nc2cnn(Cc3ccccc3)c(=O)c2)CC1. The zero-order valence-corrected chi connectivity index (χ0v) is 12.6. The van der Waals surface area contributed by atoms with Crippen LogP contribution in [-0.2, 0) is 6.54 Å². The molecule has 116 valence electrons. The molecule has 0 saturated heterocycles. The van der Waals surface area contributed by atoms with Gasteiger partial charge in [-0.05, 0) is 31.2 Å². The monoisotopic (exact) mass is 298 g/mol. The van der Waals surface area contributed by atoms with E-state index in [1.807, 2.05) is 30.3 Å². The summed E-state index contributed by atoms with van der Waals surface area (Å²) in [5.74, 6) is 0. The third kappa shape index (κ3) is 3.74. The van der Waals surface area contributed by atoms with E-state index in [2.05, 4.69) is 10.4 Å². The fourth-order valence-electron chi connectivity index (χ4n) is 2.89. The number of nitrogens with one attached hydrogen (secondary N) is 1. The highest BCUT2D eigenvalue weighted by Crippen LogP contribution is 2.20. The van der Waals surface area contributed by atoms with Gasteiger partial charge in [0.2, 0.25) is 0 Å². The Morgan fingerprint density at radius 1 is 1.18 bits per heavy atom. The molecule has 2 aromatic rings. The number of nitrogens with zero attached hydrogens (tertiary/aromatic N) is 2. The van der Waals surface area contributed by atoms with Crippen LogP contribution in [-0.4, -0.2) is 21.9 Å². The summed E-state index contributed by atoms with van der Waals surface area (Å²) < 4.78 is 1.48. The minimum atomic E-state index is -0.0821. The molecule has 0 amide bonds. The lowest BCUT2D eigenvalue weighted by Gasteiger charge is -2.27. The van der Waals surface area contributed by atoms with Crippen LogP contribution in [0.4, 0.5) is 5.69 Å². The van der Waals surface area contributed by atoms with Crippen molar-refractivity contribution in [1.29, 1.82) is 0 Å². The Kier molecular flexibility index (Phi) is 4.53. The summed E-state index contributed by atoms with van der Waals surface area (Å²) >= 11 is 0. The molecule has 0 spiro atoms. The molecule has 3 N–H and O–H groups in total. The number of nitrogens with two attached hydrogens (primary N) is 1. The second kappa shape index (κ2) is 6.75. The van der Waals surface area contributed by atoms with Gasteiger partial charge in [0, 0.05) is 18.2 Å². The number of aromatic nitrogens is 2. The number of anilines is 1. The lowest BCUT2D eigenvalue weighted by molar-refractivity contribution is 0.411. The van der Waals surface area contributed by atoms with E-state index >= 15 is 0 Å².